The van der Waals surface area contributed by atoms with E-state index in [0.717, 1.165) is 17.8 Å². The number of alkyl halides is 3. The Morgan fingerprint density at radius 2 is 1.60 bits per heavy atom. The van der Waals surface area contributed by atoms with Gasteiger partial charge in [0.1, 0.15) is 5.82 Å². The van der Waals surface area contributed by atoms with E-state index in [-0.39, 0.29) is 11.6 Å². The fourth-order valence-corrected chi connectivity index (χ4v) is 2.16. The second-order valence-electron chi connectivity index (χ2n) is 5.22. The smallest absolute Gasteiger partial charge is 0.399 e. The van der Waals surface area contributed by atoms with Gasteiger partial charge in [-0.15, -0.1) is 0 Å². The monoisotopic (exact) mass is 345 g/mol. The normalized spacial score (nSPS) is 11.2. The van der Waals surface area contributed by atoms with E-state index in [1.54, 1.807) is 24.3 Å². The number of rotatable bonds is 4. The number of hydrogen-bond donors (Lipinski definition) is 3. The zero-order valence-corrected chi connectivity index (χ0v) is 12.9. The van der Waals surface area contributed by atoms with Crippen LogP contribution in [0.5, 0.6) is 0 Å². The minimum atomic E-state index is -4.41. The molecule has 0 saturated heterocycles. The van der Waals surface area contributed by atoms with Gasteiger partial charge < -0.3 is 16.4 Å². The van der Waals surface area contributed by atoms with Crippen LogP contribution in [0.4, 0.5) is 42.0 Å². The maximum absolute atomic E-state index is 12.8. The predicted octanol–water partition coefficient (Wildman–Crippen LogP) is 4.56. The number of aromatic nitrogens is 2. The Morgan fingerprint density at radius 3 is 2.32 bits per heavy atom. The van der Waals surface area contributed by atoms with Gasteiger partial charge in [-0.25, -0.2) is 4.98 Å². The number of benzene rings is 2. The van der Waals surface area contributed by atoms with Crippen molar-refractivity contribution >= 4 is 28.8 Å². The van der Waals surface area contributed by atoms with Crippen LogP contribution in [0, 0.1) is 0 Å². The Morgan fingerprint density at radius 1 is 0.880 bits per heavy atom. The Kier molecular flexibility index (Phi) is 4.42. The van der Waals surface area contributed by atoms with Crippen molar-refractivity contribution in [2.24, 2.45) is 0 Å². The lowest BCUT2D eigenvalue weighted by molar-refractivity contribution is -0.137. The summed E-state index contributed by atoms with van der Waals surface area (Å²) in [5, 5.41) is 5.82. The summed E-state index contributed by atoms with van der Waals surface area (Å²) in [7, 11) is 0. The van der Waals surface area contributed by atoms with Crippen molar-refractivity contribution < 1.29 is 13.2 Å². The number of hydrogen-bond acceptors (Lipinski definition) is 5. The van der Waals surface area contributed by atoms with Crippen molar-refractivity contribution in [2.75, 3.05) is 16.4 Å². The Hall–Kier alpha value is -3.29. The van der Waals surface area contributed by atoms with E-state index in [9.17, 15) is 13.2 Å². The van der Waals surface area contributed by atoms with E-state index in [1.165, 1.54) is 18.3 Å². The summed E-state index contributed by atoms with van der Waals surface area (Å²) >= 11 is 0. The number of nitrogens with zero attached hydrogens (tertiary/aromatic N) is 2. The third-order valence-corrected chi connectivity index (χ3v) is 3.26. The first-order valence-corrected chi connectivity index (χ1v) is 7.30. The van der Waals surface area contributed by atoms with Crippen LogP contribution in [-0.2, 0) is 6.18 Å². The van der Waals surface area contributed by atoms with E-state index < -0.39 is 11.7 Å². The van der Waals surface area contributed by atoms with Crippen molar-refractivity contribution in [3.63, 3.8) is 0 Å². The molecule has 5 nitrogen and oxygen atoms in total. The molecule has 128 valence electrons. The standard InChI is InChI=1S/C17H14F3N5/c18-17(19,20)11-3-1-5-13(9-11)24-16-22-8-7-15(25-16)23-14-6-2-4-12(21)10-14/h1-10H,21H2,(H2,22,23,24,25). The summed E-state index contributed by atoms with van der Waals surface area (Å²) in [6.45, 7) is 0. The van der Waals surface area contributed by atoms with Gasteiger partial charge in [-0.05, 0) is 42.5 Å². The number of nitrogens with two attached hydrogens (primary N) is 1. The molecule has 2 aromatic carbocycles. The zero-order valence-electron chi connectivity index (χ0n) is 12.9. The molecule has 4 N–H and O–H groups in total. The van der Waals surface area contributed by atoms with Crippen LogP contribution in [0.3, 0.4) is 0 Å². The largest absolute Gasteiger partial charge is 0.416 e. The molecule has 0 spiro atoms. The minimum Gasteiger partial charge on any atom is -0.399 e. The van der Waals surface area contributed by atoms with Crippen molar-refractivity contribution in [1.82, 2.24) is 9.97 Å². The van der Waals surface area contributed by atoms with Crippen molar-refractivity contribution in [3.8, 4) is 0 Å². The molecular formula is C17H14F3N5. The van der Waals surface area contributed by atoms with Crippen molar-refractivity contribution in [1.29, 1.82) is 0 Å². The maximum Gasteiger partial charge on any atom is 0.416 e. The summed E-state index contributed by atoms with van der Waals surface area (Å²) in [6.07, 6.45) is -2.91. The summed E-state index contributed by atoms with van der Waals surface area (Å²) in [5.74, 6) is 0.656. The average Bonchev–Trinajstić information content (AvgIpc) is 2.55. The number of anilines is 5. The number of halogens is 3. The Bertz CT molecular complexity index is 880. The fourth-order valence-electron chi connectivity index (χ4n) is 2.16. The lowest BCUT2D eigenvalue weighted by Crippen LogP contribution is -2.06. The van der Waals surface area contributed by atoms with Crippen LogP contribution >= 0.6 is 0 Å². The van der Waals surface area contributed by atoms with Gasteiger partial charge in [0.05, 0.1) is 5.56 Å². The topological polar surface area (TPSA) is 75.9 Å². The molecule has 8 heteroatoms. The van der Waals surface area contributed by atoms with Crippen LogP contribution in [0.1, 0.15) is 5.56 Å². The van der Waals surface area contributed by atoms with Crippen LogP contribution in [0.2, 0.25) is 0 Å². The molecule has 0 bridgehead atoms. The molecule has 0 unspecified atom stereocenters. The highest BCUT2D eigenvalue weighted by atomic mass is 19.4. The first-order chi connectivity index (χ1) is 11.9. The first kappa shape index (κ1) is 16.6. The Labute approximate surface area is 141 Å². The molecule has 0 atom stereocenters. The number of nitrogen functional groups attached to an aromatic ring is 1. The second kappa shape index (κ2) is 6.68. The van der Waals surface area contributed by atoms with Gasteiger partial charge in [0.2, 0.25) is 5.95 Å². The SMILES string of the molecule is Nc1cccc(Nc2ccnc(Nc3cccc(C(F)(F)F)c3)n2)c1. The van der Waals surface area contributed by atoms with Crippen molar-refractivity contribution in [2.45, 2.75) is 6.18 Å². The van der Waals surface area contributed by atoms with Gasteiger partial charge >= 0.3 is 6.18 Å². The van der Waals surface area contributed by atoms with Crippen LogP contribution in [0.25, 0.3) is 0 Å². The van der Waals surface area contributed by atoms with E-state index in [0.29, 0.717) is 11.5 Å². The maximum atomic E-state index is 12.8. The molecule has 0 aliphatic carbocycles. The van der Waals surface area contributed by atoms with Gasteiger partial charge in [-0.2, -0.15) is 18.2 Å². The molecule has 0 radical (unpaired) electrons. The molecule has 0 aliphatic heterocycles. The van der Waals surface area contributed by atoms with Crippen molar-refractivity contribution in [3.05, 3.63) is 66.4 Å². The lowest BCUT2D eigenvalue weighted by atomic mass is 10.2. The van der Waals surface area contributed by atoms with Gasteiger partial charge in [0.15, 0.2) is 0 Å². The lowest BCUT2D eigenvalue weighted by Gasteiger charge is -2.11. The summed E-state index contributed by atoms with van der Waals surface area (Å²) in [5.41, 5.74) is 6.56. The average molecular weight is 345 g/mol. The van der Waals surface area contributed by atoms with Gasteiger partial charge in [-0.3, -0.25) is 0 Å². The number of nitrogens with one attached hydrogen (secondary N) is 2. The highest BCUT2D eigenvalue weighted by Crippen LogP contribution is 2.31. The van der Waals surface area contributed by atoms with E-state index >= 15 is 0 Å². The highest BCUT2D eigenvalue weighted by molar-refractivity contribution is 5.62. The van der Waals surface area contributed by atoms with E-state index in [2.05, 4.69) is 20.6 Å². The quantitative estimate of drug-likeness (QED) is 0.604. The molecule has 0 amide bonds. The molecule has 1 aromatic heterocycles. The van der Waals surface area contributed by atoms with Gasteiger partial charge in [0, 0.05) is 23.3 Å². The second-order valence-corrected chi connectivity index (χ2v) is 5.22. The van der Waals surface area contributed by atoms with Gasteiger partial charge in [-0.1, -0.05) is 12.1 Å². The van der Waals surface area contributed by atoms with Crippen LogP contribution in [-0.4, -0.2) is 9.97 Å². The molecular weight excluding hydrogens is 331 g/mol. The molecule has 0 aliphatic rings. The zero-order chi connectivity index (χ0) is 17.9. The Balaban J connectivity index is 1.78. The molecule has 0 saturated carbocycles. The van der Waals surface area contributed by atoms with E-state index in [4.69, 9.17) is 5.73 Å². The summed E-state index contributed by atoms with van der Waals surface area (Å²) < 4.78 is 38.3. The highest BCUT2D eigenvalue weighted by Gasteiger charge is 2.30. The van der Waals surface area contributed by atoms with Crippen LogP contribution < -0.4 is 16.4 Å². The molecule has 3 aromatic rings. The minimum absolute atomic E-state index is 0.174. The van der Waals surface area contributed by atoms with Crippen LogP contribution in [0.15, 0.2) is 60.8 Å². The van der Waals surface area contributed by atoms with Gasteiger partial charge in [0.25, 0.3) is 0 Å². The summed E-state index contributed by atoms with van der Waals surface area (Å²) in [4.78, 5) is 8.25. The molecule has 3 rings (SSSR count). The molecule has 25 heavy (non-hydrogen) atoms. The van der Waals surface area contributed by atoms with E-state index in [1.807, 2.05) is 6.07 Å². The molecule has 1 heterocycles. The predicted molar refractivity (Wildman–Crippen MR) is 90.9 cm³/mol. The third kappa shape index (κ3) is 4.37. The first-order valence-electron chi connectivity index (χ1n) is 7.30. The summed E-state index contributed by atoms with van der Waals surface area (Å²) in [6, 6.07) is 13.6. The third-order valence-electron chi connectivity index (χ3n) is 3.26. The molecule has 0 fully saturated rings. The fraction of sp³-hybridized carbons (Fsp3) is 0.0588.